The first-order valence-corrected chi connectivity index (χ1v) is 8.94. The third-order valence-corrected chi connectivity index (χ3v) is 4.89. The summed E-state index contributed by atoms with van der Waals surface area (Å²) in [6.45, 7) is 3.81. The summed E-state index contributed by atoms with van der Waals surface area (Å²) >= 11 is 7.63. The molecule has 2 heterocycles. The van der Waals surface area contributed by atoms with Gasteiger partial charge in [0, 0.05) is 30.2 Å². The Morgan fingerprint density at radius 1 is 1.35 bits per heavy atom. The fourth-order valence-electron chi connectivity index (χ4n) is 2.73. The van der Waals surface area contributed by atoms with E-state index >= 15 is 0 Å². The third kappa shape index (κ3) is 4.32. The molecule has 1 aromatic carbocycles. The quantitative estimate of drug-likeness (QED) is 0.900. The number of amides is 1. The SMILES string of the molecule is O=C(NC[C@@H](c1ccsc1)N1CCOCC1)c1cccc(Cl)c1. The molecule has 1 aromatic heterocycles. The van der Waals surface area contributed by atoms with E-state index in [1.807, 2.05) is 0 Å². The van der Waals surface area contributed by atoms with E-state index in [4.69, 9.17) is 16.3 Å². The highest BCUT2D eigenvalue weighted by atomic mass is 35.5. The van der Waals surface area contributed by atoms with Gasteiger partial charge in [0.2, 0.25) is 0 Å². The van der Waals surface area contributed by atoms with Crippen molar-refractivity contribution in [2.75, 3.05) is 32.8 Å². The summed E-state index contributed by atoms with van der Waals surface area (Å²) in [6, 6.07) is 9.31. The molecule has 23 heavy (non-hydrogen) atoms. The molecule has 122 valence electrons. The van der Waals surface area contributed by atoms with Crippen LogP contribution in [0, 0.1) is 0 Å². The first kappa shape index (κ1) is 16.5. The van der Waals surface area contributed by atoms with Crippen molar-refractivity contribution in [3.63, 3.8) is 0 Å². The van der Waals surface area contributed by atoms with Crippen LogP contribution >= 0.6 is 22.9 Å². The van der Waals surface area contributed by atoms with Crippen LogP contribution in [-0.4, -0.2) is 43.7 Å². The van der Waals surface area contributed by atoms with Crippen LogP contribution in [0.5, 0.6) is 0 Å². The molecule has 0 unspecified atom stereocenters. The zero-order valence-electron chi connectivity index (χ0n) is 12.7. The summed E-state index contributed by atoms with van der Waals surface area (Å²) in [5.41, 5.74) is 1.83. The number of thiophene rings is 1. The van der Waals surface area contributed by atoms with E-state index in [1.165, 1.54) is 5.56 Å². The van der Waals surface area contributed by atoms with E-state index in [9.17, 15) is 4.79 Å². The van der Waals surface area contributed by atoms with Crippen molar-refractivity contribution in [1.82, 2.24) is 10.2 Å². The minimum atomic E-state index is -0.0963. The number of carbonyl (C=O) groups is 1. The standard InChI is InChI=1S/C17H19ClN2O2S/c18-15-3-1-2-13(10-15)17(21)19-11-16(14-4-9-23-12-14)20-5-7-22-8-6-20/h1-4,9-10,12,16H,5-8,11H2,(H,19,21)/t16-/m0/s1. The Hall–Kier alpha value is -1.40. The zero-order chi connectivity index (χ0) is 16.1. The lowest BCUT2D eigenvalue weighted by Gasteiger charge is -2.34. The minimum Gasteiger partial charge on any atom is -0.379 e. The molecule has 1 N–H and O–H groups in total. The summed E-state index contributed by atoms with van der Waals surface area (Å²) in [7, 11) is 0. The Kier molecular flexibility index (Phi) is 5.67. The molecular weight excluding hydrogens is 332 g/mol. The number of ether oxygens (including phenoxy) is 1. The van der Waals surface area contributed by atoms with Crippen molar-refractivity contribution in [1.29, 1.82) is 0 Å². The molecule has 3 rings (SSSR count). The van der Waals surface area contributed by atoms with Crippen LogP contribution in [0.1, 0.15) is 22.0 Å². The Morgan fingerprint density at radius 3 is 2.87 bits per heavy atom. The fourth-order valence-corrected chi connectivity index (χ4v) is 3.63. The molecule has 1 aliphatic rings. The Morgan fingerprint density at radius 2 is 2.17 bits per heavy atom. The first-order valence-electron chi connectivity index (χ1n) is 7.62. The molecule has 1 amide bonds. The van der Waals surface area contributed by atoms with Crippen molar-refractivity contribution in [3.05, 3.63) is 57.2 Å². The highest BCUT2D eigenvalue weighted by Gasteiger charge is 2.23. The molecule has 1 atom stereocenters. The normalized spacial score (nSPS) is 16.9. The van der Waals surface area contributed by atoms with Crippen LogP contribution in [0.25, 0.3) is 0 Å². The maximum atomic E-state index is 12.3. The zero-order valence-corrected chi connectivity index (χ0v) is 14.3. The van der Waals surface area contributed by atoms with Gasteiger partial charge in [0.25, 0.3) is 5.91 Å². The van der Waals surface area contributed by atoms with Crippen molar-refractivity contribution in [2.45, 2.75) is 6.04 Å². The molecule has 4 nitrogen and oxygen atoms in total. The van der Waals surface area contributed by atoms with Gasteiger partial charge < -0.3 is 10.1 Å². The molecule has 0 spiro atoms. The lowest BCUT2D eigenvalue weighted by molar-refractivity contribution is 0.0163. The van der Waals surface area contributed by atoms with Gasteiger partial charge in [-0.3, -0.25) is 9.69 Å². The number of halogens is 1. The summed E-state index contributed by atoms with van der Waals surface area (Å²) in [5.74, 6) is -0.0963. The van der Waals surface area contributed by atoms with E-state index in [0.29, 0.717) is 17.1 Å². The number of carbonyl (C=O) groups excluding carboxylic acids is 1. The van der Waals surface area contributed by atoms with Crippen molar-refractivity contribution in [2.24, 2.45) is 0 Å². The number of hydrogen-bond acceptors (Lipinski definition) is 4. The van der Waals surface area contributed by atoms with Crippen LogP contribution in [0.15, 0.2) is 41.1 Å². The summed E-state index contributed by atoms with van der Waals surface area (Å²) in [4.78, 5) is 14.7. The topological polar surface area (TPSA) is 41.6 Å². The second kappa shape index (κ2) is 7.93. The number of nitrogens with one attached hydrogen (secondary N) is 1. The second-order valence-electron chi connectivity index (χ2n) is 5.44. The molecular formula is C17H19ClN2O2S. The van der Waals surface area contributed by atoms with Gasteiger partial charge in [0.15, 0.2) is 0 Å². The van der Waals surface area contributed by atoms with Crippen molar-refractivity contribution in [3.8, 4) is 0 Å². The summed E-state index contributed by atoms with van der Waals surface area (Å²) in [6.07, 6.45) is 0. The number of rotatable bonds is 5. The lowest BCUT2D eigenvalue weighted by Crippen LogP contribution is -2.43. The molecule has 1 saturated heterocycles. The van der Waals surface area contributed by atoms with Crippen molar-refractivity contribution >= 4 is 28.8 Å². The van der Waals surface area contributed by atoms with Crippen molar-refractivity contribution < 1.29 is 9.53 Å². The van der Waals surface area contributed by atoms with Gasteiger partial charge >= 0.3 is 0 Å². The van der Waals surface area contributed by atoms with Gasteiger partial charge in [-0.2, -0.15) is 11.3 Å². The van der Waals surface area contributed by atoms with Gasteiger partial charge in [0.05, 0.1) is 19.3 Å². The maximum absolute atomic E-state index is 12.3. The highest BCUT2D eigenvalue weighted by Crippen LogP contribution is 2.23. The first-order chi connectivity index (χ1) is 11.2. The van der Waals surface area contributed by atoms with Gasteiger partial charge in [-0.1, -0.05) is 17.7 Å². The molecule has 1 aliphatic heterocycles. The molecule has 6 heteroatoms. The van der Waals surface area contributed by atoms with Crippen LogP contribution in [-0.2, 0) is 4.74 Å². The summed E-state index contributed by atoms with van der Waals surface area (Å²) in [5, 5.41) is 7.82. The third-order valence-electron chi connectivity index (χ3n) is 3.96. The van der Waals surface area contributed by atoms with Gasteiger partial charge in [-0.25, -0.2) is 0 Å². The van der Waals surface area contributed by atoms with Gasteiger partial charge in [0.1, 0.15) is 0 Å². The van der Waals surface area contributed by atoms with Gasteiger partial charge in [-0.05, 0) is 40.6 Å². The van der Waals surface area contributed by atoms with E-state index in [1.54, 1.807) is 35.6 Å². The van der Waals surface area contributed by atoms with E-state index in [0.717, 1.165) is 26.3 Å². The second-order valence-corrected chi connectivity index (χ2v) is 6.66. The minimum absolute atomic E-state index is 0.0963. The number of hydrogen-bond donors (Lipinski definition) is 1. The lowest BCUT2D eigenvalue weighted by atomic mass is 10.1. The van der Waals surface area contributed by atoms with Crippen LogP contribution in [0.3, 0.4) is 0 Å². The van der Waals surface area contributed by atoms with E-state index in [2.05, 4.69) is 27.0 Å². The highest BCUT2D eigenvalue weighted by molar-refractivity contribution is 7.07. The molecule has 0 saturated carbocycles. The average Bonchev–Trinajstić information content (AvgIpc) is 3.10. The number of benzene rings is 1. The van der Waals surface area contributed by atoms with E-state index in [-0.39, 0.29) is 11.9 Å². The largest absolute Gasteiger partial charge is 0.379 e. The number of morpholine rings is 1. The van der Waals surface area contributed by atoms with Crippen LogP contribution in [0.2, 0.25) is 5.02 Å². The Balaban J connectivity index is 1.67. The van der Waals surface area contributed by atoms with Crippen LogP contribution in [0.4, 0.5) is 0 Å². The fraction of sp³-hybridized carbons (Fsp3) is 0.353. The predicted octanol–water partition coefficient (Wildman–Crippen LogP) is 3.20. The average molecular weight is 351 g/mol. The molecule has 1 fully saturated rings. The Labute approximate surface area is 145 Å². The monoisotopic (exact) mass is 350 g/mol. The Bertz CT molecular complexity index is 642. The number of nitrogens with zero attached hydrogens (tertiary/aromatic N) is 1. The predicted molar refractivity (Wildman–Crippen MR) is 93.2 cm³/mol. The molecule has 2 aromatic rings. The van der Waals surface area contributed by atoms with Crippen LogP contribution < -0.4 is 5.32 Å². The maximum Gasteiger partial charge on any atom is 0.251 e. The molecule has 0 radical (unpaired) electrons. The molecule has 0 bridgehead atoms. The van der Waals surface area contributed by atoms with E-state index < -0.39 is 0 Å². The molecule has 0 aliphatic carbocycles. The smallest absolute Gasteiger partial charge is 0.251 e. The summed E-state index contributed by atoms with van der Waals surface area (Å²) < 4.78 is 5.43. The van der Waals surface area contributed by atoms with Gasteiger partial charge in [-0.15, -0.1) is 0 Å².